The third-order valence-electron chi connectivity index (χ3n) is 5.14. The first kappa shape index (κ1) is 25.3. The number of likely N-dealkylation sites (tertiary alicyclic amines) is 1. The number of nitrogens with two attached hydrogens (primary N) is 1. The van der Waals surface area contributed by atoms with Crippen LogP contribution in [-0.2, 0) is 24.0 Å². The highest BCUT2D eigenvalue weighted by atomic mass is 16.4. The summed E-state index contributed by atoms with van der Waals surface area (Å²) in [7, 11) is 0. The monoisotopic (exact) mass is 430 g/mol. The maximum absolute atomic E-state index is 13.1. The van der Waals surface area contributed by atoms with Crippen molar-refractivity contribution in [3.8, 4) is 0 Å². The minimum atomic E-state index is -1.49. The molecule has 1 rings (SSSR count). The lowest BCUT2D eigenvalue weighted by molar-refractivity contribution is -0.146. The van der Waals surface area contributed by atoms with E-state index in [0.29, 0.717) is 19.3 Å². The Kier molecular flexibility index (Phi) is 9.66. The minimum Gasteiger partial charge on any atom is -0.481 e. The molecule has 0 aromatic heterocycles. The molecule has 0 aromatic carbocycles. The van der Waals surface area contributed by atoms with Crippen molar-refractivity contribution >= 4 is 29.7 Å². The van der Waals surface area contributed by atoms with Crippen LogP contribution < -0.4 is 16.4 Å². The minimum absolute atomic E-state index is 0.234. The van der Waals surface area contributed by atoms with E-state index >= 15 is 0 Å². The van der Waals surface area contributed by atoms with Gasteiger partial charge in [-0.25, -0.2) is 4.79 Å². The van der Waals surface area contributed by atoms with E-state index in [-0.39, 0.29) is 12.5 Å². The molecule has 3 amide bonds. The molecule has 0 aliphatic carbocycles. The molecule has 7 N–H and O–H groups in total. The highest BCUT2D eigenvalue weighted by Gasteiger charge is 2.40. The number of carboxylic acids is 2. The van der Waals surface area contributed by atoms with E-state index < -0.39 is 66.9 Å². The summed E-state index contributed by atoms with van der Waals surface area (Å²) in [5, 5.41) is 31.6. The average molecular weight is 430 g/mol. The Morgan fingerprint density at radius 3 is 2.30 bits per heavy atom. The largest absolute Gasteiger partial charge is 0.481 e. The topological polar surface area (TPSA) is 199 Å². The number of carbonyl (C=O) groups is 5. The molecule has 1 saturated heterocycles. The molecule has 0 spiro atoms. The van der Waals surface area contributed by atoms with Gasteiger partial charge in [-0.05, 0) is 18.8 Å². The summed E-state index contributed by atoms with van der Waals surface area (Å²) in [5.74, 6) is -5.02. The third kappa shape index (κ3) is 6.66. The smallest absolute Gasteiger partial charge is 0.328 e. The van der Waals surface area contributed by atoms with Gasteiger partial charge in [-0.3, -0.25) is 19.2 Å². The van der Waals surface area contributed by atoms with Gasteiger partial charge >= 0.3 is 11.9 Å². The van der Waals surface area contributed by atoms with Gasteiger partial charge in [0, 0.05) is 6.54 Å². The van der Waals surface area contributed by atoms with Gasteiger partial charge in [0.1, 0.15) is 18.1 Å². The zero-order valence-electron chi connectivity index (χ0n) is 17.0. The normalized spacial score (nSPS) is 20.0. The molecule has 1 aliphatic heterocycles. The van der Waals surface area contributed by atoms with Crippen LogP contribution in [0, 0.1) is 5.92 Å². The van der Waals surface area contributed by atoms with Gasteiger partial charge in [0.25, 0.3) is 0 Å². The number of aliphatic carboxylic acids is 2. The first-order chi connectivity index (χ1) is 14.0. The van der Waals surface area contributed by atoms with Crippen molar-refractivity contribution in [1.29, 1.82) is 0 Å². The number of aliphatic hydroxyl groups excluding tert-OH is 1. The molecule has 0 bridgehead atoms. The van der Waals surface area contributed by atoms with Crippen molar-refractivity contribution < 1.29 is 39.3 Å². The van der Waals surface area contributed by atoms with E-state index in [9.17, 15) is 24.0 Å². The Labute approximate surface area is 173 Å². The summed E-state index contributed by atoms with van der Waals surface area (Å²) in [6, 6.07) is -4.79. The van der Waals surface area contributed by atoms with Crippen LogP contribution in [0.4, 0.5) is 0 Å². The molecule has 12 nitrogen and oxygen atoms in total. The molecule has 5 atom stereocenters. The maximum Gasteiger partial charge on any atom is 0.328 e. The molecule has 0 aromatic rings. The summed E-state index contributed by atoms with van der Waals surface area (Å²) < 4.78 is 0. The number of carboxylic acid groups (broad SMARTS) is 2. The van der Waals surface area contributed by atoms with E-state index in [0.717, 1.165) is 0 Å². The average Bonchev–Trinajstić information content (AvgIpc) is 3.17. The van der Waals surface area contributed by atoms with Gasteiger partial charge in [-0.15, -0.1) is 0 Å². The number of aliphatic hydroxyl groups is 1. The second kappa shape index (κ2) is 11.5. The predicted molar refractivity (Wildman–Crippen MR) is 103 cm³/mol. The van der Waals surface area contributed by atoms with Gasteiger partial charge in [0.15, 0.2) is 0 Å². The highest BCUT2D eigenvalue weighted by Crippen LogP contribution is 2.21. The summed E-state index contributed by atoms with van der Waals surface area (Å²) in [4.78, 5) is 61.0. The Balaban J connectivity index is 2.96. The molecule has 1 fully saturated rings. The number of nitrogens with zero attached hydrogens (tertiary/aromatic N) is 1. The fourth-order valence-electron chi connectivity index (χ4n) is 3.16. The van der Waals surface area contributed by atoms with Crippen LogP contribution in [0.15, 0.2) is 0 Å². The standard InChI is InChI=1S/C18H30N4O8/c1-3-9(2)14(21-15(26)10(19)7-13(24)25)17(28)22-6-4-5-12(22)16(27)20-11(8-23)18(29)30/h9-12,14,23H,3-8,19H2,1-2H3,(H,20,27)(H,21,26)(H,24,25)(H,29,30). The molecule has 170 valence electrons. The summed E-state index contributed by atoms with van der Waals surface area (Å²) in [6.07, 6.45) is 0.719. The molecule has 1 heterocycles. The maximum atomic E-state index is 13.1. The van der Waals surface area contributed by atoms with Crippen molar-refractivity contribution in [2.24, 2.45) is 11.7 Å². The van der Waals surface area contributed by atoms with Crippen molar-refractivity contribution in [2.45, 2.75) is 63.7 Å². The van der Waals surface area contributed by atoms with Gasteiger partial charge in [-0.2, -0.15) is 0 Å². The van der Waals surface area contributed by atoms with Crippen molar-refractivity contribution in [1.82, 2.24) is 15.5 Å². The van der Waals surface area contributed by atoms with E-state index in [1.807, 2.05) is 0 Å². The quantitative estimate of drug-likeness (QED) is 0.212. The number of nitrogens with one attached hydrogen (secondary N) is 2. The Bertz CT molecular complexity index is 671. The fourth-order valence-corrected chi connectivity index (χ4v) is 3.16. The van der Waals surface area contributed by atoms with Crippen molar-refractivity contribution in [3.63, 3.8) is 0 Å². The lowest BCUT2D eigenvalue weighted by Gasteiger charge is -2.32. The van der Waals surface area contributed by atoms with Gasteiger partial charge in [0.05, 0.1) is 19.1 Å². The van der Waals surface area contributed by atoms with Gasteiger partial charge in [-0.1, -0.05) is 20.3 Å². The molecule has 12 heteroatoms. The van der Waals surface area contributed by atoms with Gasteiger partial charge < -0.3 is 36.6 Å². The van der Waals surface area contributed by atoms with E-state index in [4.69, 9.17) is 21.1 Å². The van der Waals surface area contributed by atoms with Crippen LogP contribution in [0.25, 0.3) is 0 Å². The molecular formula is C18H30N4O8. The Morgan fingerprint density at radius 2 is 1.80 bits per heavy atom. The van der Waals surface area contributed by atoms with Crippen molar-refractivity contribution in [3.05, 3.63) is 0 Å². The SMILES string of the molecule is CCC(C)C(NC(=O)C(N)CC(=O)O)C(=O)N1CCCC1C(=O)NC(CO)C(=O)O. The molecule has 0 radical (unpaired) electrons. The number of rotatable bonds is 11. The van der Waals surface area contributed by atoms with Crippen LogP contribution in [0.3, 0.4) is 0 Å². The van der Waals surface area contributed by atoms with Crippen LogP contribution in [0.1, 0.15) is 39.5 Å². The zero-order chi connectivity index (χ0) is 23.0. The first-order valence-electron chi connectivity index (χ1n) is 9.75. The Hall–Kier alpha value is -2.73. The molecule has 1 aliphatic rings. The van der Waals surface area contributed by atoms with Gasteiger partial charge in [0.2, 0.25) is 17.7 Å². The fraction of sp³-hybridized carbons (Fsp3) is 0.722. The van der Waals surface area contributed by atoms with E-state index in [1.165, 1.54) is 4.90 Å². The van der Waals surface area contributed by atoms with Crippen LogP contribution >= 0.6 is 0 Å². The Morgan fingerprint density at radius 1 is 1.17 bits per heavy atom. The summed E-state index contributed by atoms with van der Waals surface area (Å²) >= 11 is 0. The molecular weight excluding hydrogens is 400 g/mol. The highest BCUT2D eigenvalue weighted by molar-refractivity contribution is 5.95. The summed E-state index contributed by atoms with van der Waals surface area (Å²) in [6.45, 7) is 2.97. The van der Waals surface area contributed by atoms with E-state index in [2.05, 4.69) is 10.6 Å². The van der Waals surface area contributed by atoms with E-state index in [1.54, 1.807) is 13.8 Å². The van der Waals surface area contributed by atoms with Crippen LogP contribution in [-0.4, -0.2) is 87.2 Å². The summed E-state index contributed by atoms with van der Waals surface area (Å²) in [5.41, 5.74) is 5.57. The number of amides is 3. The molecule has 30 heavy (non-hydrogen) atoms. The second-order valence-corrected chi connectivity index (χ2v) is 7.35. The lowest BCUT2D eigenvalue weighted by atomic mass is 9.96. The van der Waals surface area contributed by atoms with Crippen LogP contribution in [0.2, 0.25) is 0 Å². The first-order valence-corrected chi connectivity index (χ1v) is 9.75. The number of carbonyl (C=O) groups excluding carboxylic acids is 3. The molecule has 0 saturated carbocycles. The zero-order valence-corrected chi connectivity index (χ0v) is 17.0. The third-order valence-corrected chi connectivity index (χ3v) is 5.14. The predicted octanol–water partition coefficient (Wildman–Crippen LogP) is -2.13. The lowest BCUT2D eigenvalue weighted by Crippen LogP contribution is -2.58. The molecule has 5 unspecified atom stereocenters. The van der Waals surface area contributed by atoms with Crippen LogP contribution in [0.5, 0.6) is 0 Å². The number of hydrogen-bond donors (Lipinski definition) is 6. The second-order valence-electron chi connectivity index (χ2n) is 7.35. The van der Waals surface area contributed by atoms with Crippen molar-refractivity contribution in [2.75, 3.05) is 13.2 Å². The number of hydrogen-bond acceptors (Lipinski definition) is 7.